The van der Waals surface area contributed by atoms with E-state index in [1.807, 2.05) is 43.5 Å². The normalized spacial score (nSPS) is 30.2. The Morgan fingerprint density at radius 3 is 2.58 bits per heavy atom. The van der Waals surface area contributed by atoms with Crippen LogP contribution in [0.3, 0.4) is 0 Å². The highest BCUT2D eigenvalue weighted by molar-refractivity contribution is 9.10. The summed E-state index contributed by atoms with van der Waals surface area (Å²) in [5, 5.41) is 6.22. The maximum absolute atomic E-state index is 14.0. The molecule has 2 N–H and O–H groups in total. The lowest BCUT2D eigenvalue weighted by molar-refractivity contribution is -0.141. The number of ether oxygens (including phenoxy) is 1. The van der Waals surface area contributed by atoms with E-state index in [9.17, 15) is 14.4 Å². The van der Waals surface area contributed by atoms with Crippen molar-refractivity contribution < 1.29 is 19.1 Å². The van der Waals surface area contributed by atoms with Crippen LogP contribution in [-0.2, 0) is 19.1 Å². The van der Waals surface area contributed by atoms with Crippen LogP contribution < -0.4 is 10.6 Å². The molecule has 0 radical (unpaired) electrons. The minimum absolute atomic E-state index is 0.120. The molecule has 3 aliphatic heterocycles. The van der Waals surface area contributed by atoms with E-state index in [-0.39, 0.29) is 23.8 Å². The van der Waals surface area contributed by atoms with Gasteiger partial charge in [-0.2, -0.15) is 0 Å². The molecular weight excluding hydrogens is 548 g/mol. The van der Waals surface area contributed by atoms with Gasteiger partial charge < -0.3 is 25.2 Å². The van der Waals surface area contributed by atoms with Gasteiger partial charge in [0, 0.05) is 29.3 Å². The number of nitrogens with zero attached hydrogens (tertiary/aromatic N) is 2. The van der Waals surface area contributed by atoms with Crippen LogP contribution in [0.25, 0.3) is 0 Å². The van der Waals surface area contributed by atoms with Crippen LogP contribution in [0.4, 0.5) is 5.69 Å². The molecule has 3 amide bonds. The van der Waals surface area contributed by atoms with Gasteiger partial charge >= 0.3 is 0 Å². The number of carbonyl (C=O) groups excluding carboxylic acids is 3. The van der Waals surface area contributed by atoms with E-state index in [1.54, 1.807) is 4.90 Å². The molecule has 1 aromatic carbocycles. The summed E-state index contributed by atoms with van der Waals surface area (Å²) in [6, 6.07) is 6.69. The van der Waals surface area contributed by atoms with Gasteiger partial charge in [0.2, 0.25) is 17.7 Å². The fraction of sp³-hybridized carbons (Fsp3) is 0.621. The number of hydrogen-bond donors (Lipinski definition) is 2. The highest BCUT2D eigenvalue weighted by Crippen LogP contribution is 2.55. The molecule has 4 aliphatic rings. The van der Waals surface area contributed by atoms with Crippen molar-refractivity contribution in [2.24, 2.45) is 11.8 Å². The summed E-state index contributed by atoms with van der Waals surface area (Å²) in [6.07, 6.45) is 10.7. The third-order valence-corrected chi connectivity index (χ3v) is 9.13. The van der Waals surface area contributed by atoms with E-state index in [0.29, 0.717) is 18.8 Å². The molecule has 3 fully saturated rings. The Balaban J connectivity index is 1.39. The number of carbonyl (C=O) groups is 3. The molecule has 3 heterocycles. The lowest BCUT2D eigenvalue weighted by Gasteiger charge is -2.34. The van der Waals surface area contributed by atoms with Crippen LogP contribution in [0.1, 0.15) is 51.9 Å². The van der Waals surface area contributed by atoms with Crippen molar-refractivity contribution >= 4 is 39.3 Å². The number of nitrogens with one attached hydrogen (secondary N) is 2. The van der Waals surface area contributed by atoms with Gasteiger partial charge in [0.15, 0.2) is 0 Å². The van der Waals surface area contributed by atoms with Crippen molar-refractivity contribution in [2.75, 3.05) is 32.0 Å². The first kappa shape index (κ1) is 27.3. The second-order valence-electron chi connectivity index (χ2n) is 11.2. The van der Waals surface area contributed by atoms with Crippen molar-refractivity contribution in [3.05, 3.63) is 40.9 Å². The summed E-state index contributed by atoms with van der Waals surface area (Å²) in [7, 11) is 2.04. The van der Waals surface area contributed by atoms with Crippen LogP contribution in [-0.4, -0.2) is 78.0 Å². The van der Waals surface area contributed by atoms with E-state index >= 15 is 0 Å². The number of rotatable bonds is 10. The minimum atomic E-state index is -1.12. The first-order chi connectivity index (χ1) is 18.3. The van der Waals surface area contributed by atoms with Gasteiger partial charge in [0.1, 0.15) is 11.6 Å². The predicted octanol–water partition coefficient (Wildman–Crippen LogP) is 3.72. The molecule has 5 rings (SSSR count). The van der Waals surface area contributed by atoms with Crippen LogP contribution in [0, 0.1) is 11.8 Å². The van der Waals surface area contributed by atoms with E-state index < -0.39 is 29.6 Å². The summed E-state index contributed by atoms with van der Waals surface area (Å²) in [6.45, 7) is 4.17. The Kier molecular flexibility index (Phi) is 8.26. The average Bonchev–Trinajstić information content (AvgIpc) is 3.55. The second kappa shape index (κ2) is 11.5. The number of amides is 3. The van der Waals surface area contributed by atoms with Crippen molar-refractivity contribution in [3.8, 4) is 0 Å². The maximum Gasteiger partial charge on any atom is 0.246 e. The molecule has 206 valence electrons. The Labute approximate surface area is 233 Å². The highest BCUT2D eigenvalue weighted by Gasteiger charge is 2.72. The van der Waals surface area contributed by atoms with Crippen LogP contribution >= 0.6 is 15.9 Å². The van der Waals surface area contributed by atoms with Crippen molar-refractivity contribution in [3.63, 3.8) is 0 Å². The zero-order chi connectivity index (χ0) is 26.9. The highest BCUT2D eigenvalue weighted by atomic mass is 79.9. The average molecular weight is 588 g/mol. The fourth-order valence-corrected chi connectivity index (χ4v) is 6.88. The number of likely N-dealkylation sites (tertiary alicyclic amines) is 1. The zero-order valence-electron chi connectivity index (χ0n) is 22.3. The minimum Gasteiger partial charge on any atom is -0.359 e. The molecular formula is C29H39BrN4O4. The van der Waals surface area contributed by atoms with E-state index in [1.165, 1.54) is 6.42 Å². The summed E-state index contributed by atoms with van der Waals surface area (Å²) in [5.74, 6) is -2.00. The maximum atomic E-state index is 14.0. The molecule has 1 aromatic rings. The van der Waals surface area contributed by atoms with Gasteiger partial charge in [-0.1, -0.05) is 60.7 Å². The molecule has 38 heavy (non-hydrogen) atoms. The lowest BCUT2D eigenvalue weighted by Crippen LogP contribution is -2.57. The topological polar surface area (TPSA) is 91.0 Å². The third-order valence-electron chi connectivity index (χ3n) is 8.60. The number of unbranched alkanes of at least 4 members (excludes halogenated alkanes) is 1. The molecule has 0 aromatic heterocycles. The summed E-state index contributed by atoms with van der Waals surface area (Å²) in [5.41, 5.74) is -0.463. The van der Waals surface area contributed by atoms with E-state index in [2.05, 4.69) is 38.4 Å². The second-order valence-corrected chi connectivity index (χ2v) is 12.1. The number of fused-ring (bicyclic) bond motifs is 1. The predicted molar refractivity (Wildman–Crippen MR) is 149 cm³/mol. The lowest BCUT2D eigenvalue weighted by atomic mass is 9.74. The smallest absolute Gasteiger partial charge is 0.246 e. The molecule has 1 spiro atoms. The van der Waals surface area contributed by atoms with Crippen molar-refractivity contribution in [2.45, 2.75) is 75.7 Å². The fourth-order valence-electron chi connectivity index (χ4n) is 6.61. The number of likely N-dealkylation sites (N-methyl/N-ethyl adjacent to an activating group) is 1. The molecule has 5 atom stereocenters. The molecule has 1 aliphatic carbocycles. The van der Waals surface area contributed by atoms with Gasteiger partial charge in [-0.3, -0.25) is 14.4 Å². The molecule has 8 nitrogen and oxygen atoms in total. The number of hydrogen-bond acceptors (Lipinski definition) is 5. The SMILES string of the molecule is CCCCN(C)CCN1C(=O)[C@@H]2[C@@H](C(=O)Nc3ccc(Br)cc3)[C@@H]3C=C[C@@]2(O3)[C@@H]1C(=O)NC1CCCCC1. The van der Waals surface area contributed by atoms with Gasteiger partial charge in [-0.15, -0.1) is 0 Å². The van der Waals surface area contributed by atoms with Crippen LogP contribution in [0.5, 0.6) is 0 Å². The van der Waals surface area contributed by atoms with Crippen LogP contribution in [0.2, 0.25) is 0 Å². The van der Waals surface area contributed by atoms with Gasteiger partial charge in [0.05, 0.1) is 17.9 Å². The molecule has 2 saturated heterocycles. The van der Waals surface area contributed by atoms with Crippen molar-refractivity contribution in [1.82, 2.24) is 15.1 Å². The Morgan fingerprint density at radius 1 is 1.13 bits per heavy atom. The zero-order valence-corrected chi connectivity index (χ0v) is 23.9. The Morgan fingerprint density at radius 2 is 1.87 bits per heavy atom. The summed E-state index contributed by atoms with van der Waals surface area (Å²) < 4.78 is 7.37. The Bertz CT molecular complexity index is 1070. The van der Waals surface area contributed by atoms with Crippen molar-refractivity contribution in [1.29, 1.82) is 0 Å². The Hall–Kier alpha value is -2.23. The standard InChI is InChI=1S/C29H39BrN4O4/c1-3-4-16-33(2)17-18-34-25(27(36)32-20-8-6-5-7-9-20)29-15-14-22(38-29)23(24(29)28(34)37)26(35)31-21-12-10-19(30)11-13-21/h10-15,20,22-25H,3-9,16-18H2,1-2H3,(H,31,35)(H,32,36)/t22-,23-,24-,25-,29-/m0/s1. The first-order valence-electron chi connectivity index (χ1n) is 14.1. The third kappa shape index (κ3) is 5.17. The van der Waals surface area contributed by atoms with E-state index in [4.69, 9.17) is 4.74 Å². The van der Waals surface area contributed by atoms with Crippen LogP contribution in [0.15, 0.2) is 40.9 Å². The molecule has 9 heteroatoms. The summed E-state index contributed by atoms with van der Waals surface area (Å²) in [4.78, 5) is 45.4. The number of anilines is 1. The molecule has 2 bridgehead atoms. The molecule has 1 saturated carbocycles. The van der Waals surface area contributed by atoms with Gasteiger partial charge in [-0.05, 0) is 57.1 Å². The number of halogens is 1. The first-order valence-corrected chi connectivity index (χ1v) is 14.9. The summed E-state index contributed by atoms with van der Waals surface area (Å²) >= 11 is 3.42. The van der Waals surface area contributed by atoms with E-state index in [0.717, 1.165) is 49.5 Å². The largest absolute Gasteiger partial charge is 0.359 e. The monoisotopic (exact) mass is 586 g/mol. The quantitative estimate of drug-likeness (QED) is 0.408. The molecule has 0 unspecified atom stereocenters. The number of benzene rings is 1. The van der Waals surface area contributed by atoms with Gasteiger partial charge in [-0.25, -0.2) is 0 Å². The van der Waals surface area contributed by atoms with Gasteiger partial charge in [0.25, 0.3) is 0 Å².